The molecule has 13 N–H and O–H groups in total. The minimum absolute atomic E-state index is 0. The molecule has 0 fully saturated rings. The van der Waals surface area contributed by atoms with Gasteiger partial charge in [0.15, 0.2) is 0 Å². The van der Waals surface area contributed by atoms with Crippen molar-refractivity contribution in [1.29, 1.82) is 0 Å². The zero-order chi connectivity index (χ0) is 8.08. The first-order valence-electron chi connectivity index (χ1n) is 1.66. The van der Waals surface area contributed by atoms with Gasteiger partial charge in [0.25, 0.3) is 5.97 Å². The van der Waals surface area contributed by atoms with E-state index in [4.69, 9.17) is 27.4 Å². The first-order chi connectivity index (χ1) is 3.73. The van der Waals surface area contributed by atoms with Crippen molar-refractivity contribution in [2.24, 2.45) is 17.5 Å². The summed E-state index contributed by atoms with van der Waals surface area (Å²) >= 11 is -2.70. The van der Waals surface area contributed by atoms with Crippen molar-refractivity contribution >= 4 is 5.97 Å². The Labute approximate surface area is 68.3 Å². The molecular formula is C2H16N4O4Pd. The van der Waals surface area contributed by atoms with Crippen LogP contribution in [0.3, 0.4) is 0 Å². The van der Waals surface area contributed by atoms with Crippen molar-refractivity contribution < 1.29 is 37.4 Å². The van der Waals surface area contributed by atoms with E-state index in [1.807, 2.05) is 0 Å². The molecule has 0 unspecified atom stereocenters. The van der Waals surface area contributed by atoms with Gasteiger partial charge in [0, 0.05) is 6.92 Å². The molecule has 0 heterocycles. The van der Waals surface area contributed by atoms with Crippen LogP contribution in [0, 0.1) is 0 Å². The molecule has 0 spiro atoms. The van der Waals surface area contributed by atoms with Crippen LogP contribution in [0.2, 0.25) is 0 Å². The summed E-state index contributed by atoms with van der Waals surface area (Å²) in [6.07, 6.45) is 0. The SMILES string of the molecule is CC(=O)O.O.O.[NH2][Pd]([NH2])([NH2])[NH2]. The fourth-order valence-corrected chi connectivity index (χ4v) is 0. The summed E-state index contributed by atoms with van der Waals surface area (Å²) in [7, 11) is 0. The Bertz CT molecular complexity index is 82.6. The van der Waals surface area contributed by atoms with Crippen LogP contribution in [-0.2, 0) is 21.3 Å². The predicted octanol–water partition coefficient (Wildman–Crippen LogP) is -3.92. The van der Waals surface area contributed by atoms with E-state index in [-0.39, 0.29) is 11.0 Å². The topological polar surface area (TPSA) is 204 Å². The van der Waals surface area contributed by atoms with Crippen LogP contribution >= 0.6 is 0 Å². The molecule has 9 heteroatoms. The van der Waals surface area contributed by atoms with Gasteiger partial charge in [-0.15, -0.1) is 0 Å². The van der Waals surface area contributed by atoms with Crippen LogP contribution in [0.25, 0.3) is 0 Å². The zero-order valence-corrected chi connectivity index (χ0v) is 7.54. The maximum atomic E-state index is 9.00. The van der Waals surface area contributed by atoms with Crippen molar-refractivity contribution in [3.8, 4) is 0 Å². The molecule has 0 aromatic heterocycles. The van der Waals surface area contributed by atoms with Gasteiger partial charge >= 0.3 is 34.0 Å². The molecule has 0 aromatic rings. The third-order valence-corrected chi connectivity index (χ3v) is 0. The standard InChI is InChI=1S/C2H4O2.4H2N.2H2O.Pd/c1-2(3)4;;;;;;;/h1H3,(H,3,4);6*1H2;/q;4*-1;;;+4. The van der Waals surface area contributed by atoms with Gasteiger partial charge in [-0.1, -0.05) is 0 Å². The molecule has 0 amide bonds. The molecule has 0 aliphatic rings. The Morgan fingerprint density at radius 3 is 1.18 bits per heavy atom. The summed E-state index contributed by atoms with van der Waals surface area (Å²) in [6, 6.07) is 0. The van der Waals surface area contributed by atoms with Gasteiger partial charge < -0.3 is 16.1 Å². The summed E-state index contributed by atoms with van der Waals surface area (Å²) in [5, 5.41) is 7.42. The van der Waals surface area contributed by atoms with E-state index in [0.29, 0.717) is 0 Å². The molecule has 0 aliphatic carbocycles. The molecule has 78 valence electrons. The van der Waals surface area contributed by atoms with Gasteiger partial charge in [-0.2, -0.15) is 0 Å². The third-order valence-electron chi connectivity index (χ3n) is 0. The third kappa shape index (κ3) is 53200. The zero-order valence-electron chi connectivity index (χ0n) is 5.98. The van der Waals surface area contributed by atoms with E-state index in [1.54, 1.807) is 0 Å². The van der Waals surface area contributed by atoms with E-state index in [0.717, 1.165) is 6.92 Å². The number of aliphatic carboxylic acids is 1. The molecule has 11 heavy (non-hydrogen) atoms. The average molecular weight is 267 g/mol. The summed E-state index contributed by atoms with van der Waals surface area (Å²) in [4.78, 5) is 9.00. The number of rotatable bonds is 0. The summed E-state index contributed by atoms with van der Waals surface area (Å²) < 4.78 is 19.4. The van der Waals surface area contributed by atoms with Gasteiger partial charge in [0.1, 0.15) is 0 Å². The van der Waals surface area contributed by atoms with Crippen LogP contribution in [0.1, 0.15) is 6.92 Å². The summed E-state index contributed by atoms with van der Waals surface area (Å²) in [6.45, 7) is 1.08. The van der Waals surface area contributed by atoms with E-state index < -0.39 is 22.5 Å². The van der Waals surface area contributed by atoms with Crippen molar-refractivity contribution in [2.45, 2.75) is 6.92 Å². The Kier molecular flexibility index (Phi) is 20.2. The molecule has 0 atom stereocenters. The Balaban J connectivity index is -0.0000000383. The van der Waals surface area contributed by atoms with E-state index in [2.05, 4.69) is 0 Å². The van der Waals surface area contributed by atoms with E-state index in [1.165, 1.54) is 0 Å². The summed E-state index contributed by atoms with van der Waals surface area (Å²) in [5.41, 5.74) is 0. The quantitative estimate of drug-likeness (QED) is 0.277. The molecular weight excluding hydrogens is 250 g/mol. The molecule has 0 aliphatic heterocycles. The monoisotopic (exact) mass is 266 g/mol. The second-order valence-electron chi connectivity index (χ2n) is 1.15. The molecule has 0 saturated heterocycles. The van der Waals surface area contributed by atoms with E-state index >= 15 is 0 Å². The van der Waals surface area contributed by atoms with Crippen molar-refractivity contribution in [2.75, 3.05) is 0 Å². The van der Waals surface area contributed by atoms with Gasteiger partial charge in [0.05, 0.1) is 0 Å². The average Bonchev–Trinajstić information content (AvgIpc) is 1.19. The molecule has 0 bridgehead atoms. The van der Waals surface area contributed by atoms with Crippen molar-refractivity contribution in [1.82, 2.24) is 0 Å². The second-order valence-corrected chi connectivity index (χ2v) is 4.26. The fraction of sp³-hybridized carbons (Fsp3) is 0.500. The fourth-order valence-electron chi connectivity index (χ4n) is 0. The van der Waals surface area contributed by atoms with Gasteiger partial charge in [-0.3, -0.25) is 4.79 Å². The first-order valence-corrected chi connectivity index (χ1v) is 5.25. The molecule has 0 rings (SSSR count). The minimum atomic E-state index is -2.70. The summed E-state index contributed by atoms with van der Waals surface area (Å²) in [5.74, 6) is -0.833. The van der Waals surface area contributed by atoms with Gasteiger partial charge in [-0.25, -0.2) is 0 Å². The number of hydrogen-bond acceptors (Lipinski definition) is 5. The van der Waals surface area contributed by atoms with Crippen molar-refractivity contribution in [3.05, 3.63) is 0 Å². The second kappa shape index (κ2) is 9.89. The van der Waals surface area contributed by atoms with Crippen LogP contribution in [0.4, 0.5) is 0 Å². The number of carbonyl (C=O) groups is 1. The Morgan fingerprint density at radius 1 is 1.18 bits per heavy atom. The first kappa shape index (κ1) is 22.4. The number of nitrogens with two attached hydrogens (primary N) is 4. The Morgan fingerprint density at radius 2 is 1.18 bits per heavy atom. The van der Waals surface area contributed by atoms with Crippen LogP contribution < -0.4 is 17.5 Å². The van der Waals surface area contributed by atoms with Crippen LogP contribution in [0.15, 0.2) is 0 Å². The number of carboxylic acid groups (broad SMARTS) is 1. The molecule has 0 aromatic carbocycles. The van der Waals surface area contributed by atoms with E-state index in [9.17, 15) is 0 Å². The molecule has 0 radical (unpaired) electrons. The normalized spacial score (nSPS) is 9.18. The van der Waals surface area contributed by atoms with Crippen LogP contribution in [0.5, 0.6) is 0 Å². The maximum absolute atomic E-state index is 9.00. The van der Waals surface area contributed by atoms with Gasteiger partial charge in [0.2, 0.25) is 0 Å². The number of hydrogen-bond donors (Lipinski definition) is 5. The van der Waals surface area contributed by atoms with Crippen LogP contribution in [-0.4, -0.2) is 22.0 Å². The van der Waals surface area contributed by atoms with Crippen molar-refractivity contribution in [3.63, 3.8) is 0 Å². The predicted molar refractivity (Wildman–Crippen MR) is 37.3 cm³/mol. The number of carboxylic acids is 1. The molecule has 8 nitrogen and oxygen atoms in total. The Hall–Kier alpha value is -0.108. The van der Waals surface area contributed by atoms with Gasteiger partial charge in [-0.05, 0) is 0 Å². The molecule has 0 saturated carbocycles.